The van der Waals surface area contributed by atoms with Crippen LogP contribution >= 0.6 is 11.3 Å². The molecule has 1 aromatic rings. The number of hydrogen-bond acceptors (Lipinski definition) is 3. The van der Waals surface area contributed by atoms with Gasteiger partial charge in [-0.1, -0.05) is 0 Å². The second-order valence-electron chi connectivity index (χ2n) is 7.08. The molecule has 5 rings (SSSR count). The average molecular weight is 272 g/mol. The largest absolute Gasteiger partial charge is 0.389 e. The number of nitrogens with two attached hydrogens (primary N) is 1. The SMILES string of the molecule is Cc1sc(N)c(C#N)c1C12CC3CC(CC(C3)C1)C2. The van der Waals surface area contributed by atoms with Crippen LogP contribution in [0.25, 0.3) is 0 Å². The molecule has 4 saturated carbocycles. The van der Waals surface area contributed by atoms with Gasteiger partial charge in [0.15, 0.2) is 0 Å². The van der Waals surface area contributed by atoms with Crippen molar-refractivity contribution in [3.63, 3.8) is 0 Å². The Hall–Kier alpha value is -1.01. The lowest BCUT2D eigenvalue weighted by Gasteiger charge is -2.57. The maximum absolute atomic E-state index is 9.49. The zero-order valence-corrected chi connectivity index (χ0v) is 12.2. The summed E-state index contributed by atoms with van der Waals surface area (Å²) in [5.74, 6) is 2.75. The maximum Gasteiger partial charge on any atom is 0.104 e. The summed E-state index contributed by atoms with van der Waals surface area (Å²) in [7, 11) is 0. The predicted molar refractivity (Wildman–Crippen MR) is 78.0 cm³/mol. The maximum atomic E-state index is 9.49. The molecular weight excluding hydrogens is 252 g/mol. The summed E-state index contributed by atoms with van der Waals surface area (Å²) in [5.41, 5.74) is 8.52. The van der Waals surface area contributed by atoms with Crippen LogP contribution in [0.15, 0.2) is 0 Å². The molecule has 4 fully saturated rings. The van der Waals surface area contributed by atoms with E-state index in [9.17, 15) is 5.26 Å². The van der Waals surface area contributed by atoms with Crippen LogP contribution in [0.3, 0.4) is 0 Å². The molecule has 0 radical (unpaired) electrons. The van der Waals surface area contributed by atoms with E-state index in [0.29, 0.717) is 5.41 Å². The Morgan fingerprint density at radius 3 is 2.16 bits per heavy atom. The van der Waals surface area contributed by atoms with E-state index in [2.05, 4.69) is 13.0 Å². The van der Waals surface area contributed by atoms with Gasteiger partial charge in [0.05, 0.1) is 5.56 Å². The third-order valence-corrected chi connectivity index (χ3v) is 6.73. The highest BCUT2D eigenvalue weighted by molar-refractivity contribution is 7.16. The molecule has 19 heavy (non-hydrogen) atoms. The van der Waals surface area contributed by atoms with Gasteiger partial charge in [0.2, 0.25) is 0 Å². The van der Waals surface area contributed by atoms with Crippen molar-refractivity contribution >= 4 is 16.3 Å². The molecule has 2 N–H and O–H groups in total. The van der Waals surface area contributed by atoms with Crippen molar-refractivity contribution in [3.05, 3.63) is 16.0 Å². The molecule has 1 aromatic heterocycles. The van der Waals surface area contributed by atoms with Crippen molar-refractivity contribution in [2.75, 3.05) is 5.73 Å². The lowest BCUT2D eigenvalue weighted by molar-refractivity contribution is -0.00533. The number of nitrogens with zero attached hydrogens (tertiary/aromatic N) is 1. The van der Waals surface area contributed by atoms with Crippen LogP contribution in [0.4, 0.5) is 5.00 Å². The zero-order valence-electron chi connectivity index (χ0n) is 11.4. The number of rotatable bonds is 1. The molecule has 3 heteroatoms. The third kappa shape index (κ3) is 1.53. The Bertz CT molecular complexity index is 543. The lowest BCUT2D eigenvalue weighted by atomic mass is 9.47. The van der Waals surface area contributed by atoms with Crippen LogP contribution < -0.4 is 5.73 Å². The summed E-state index contributed by atoms with van der Waals surface area (Å²) in [6.07, 6.45) is 8.26. The van der Waals surface area contributed by atoms with Crippen molar-refractivity contribution < 1.29 is 0 Å². The van der Waals surface area contributed by atoms with Gasteiger partial charge in [0.25, 0.3) is 0 Å². The zero-order chi connectivity index (χ0) is 13.2. The Balaban J connectivity index is 1.86. The van der Waals surface area contributed by atoms with Gasteiger partial charge in [-0.2, -0.15) is 5.26 Å². The van der Waals surface area contributed by atoms with E-state index in [1.54, 1.807) is 11.3 Å². The standard InChI is InChI=1S/C16H20N2S/c1-9-14(13(8-17)15(18)19-9)16-5-10-2-11(6-16)4-12(3-10)7-16/h10-12H,2-7,18H2,1H3. The average Bonchev–Trinajstić information content (AvgIpc) is 2.62. The number of nitrogen functional groups attached to an aromatic ring is 1. The fourth-order valence-electron chi connectivity index (χ4n) is 5.73. The summed E-state index contributed by atoms with van der Waals surface area (Å²) in [6, 6.07) is 2.40. The molecule has 2 nitrogen and oxygen atoms in total. The minimum Gasteiger partial charge on any atom is -0.389 e. The number of anilines is 1. The molecule has 0 spiro atoms. The number of hydrogen-bond donors (Lipinski definition) is 1. The van der Waals surface area contributed by atoms with Gasteiger partial charge in [-0.15, -0.1) is 11.3 Å². The number of aryl methyl sites for hydroxylation is 1. The molecule has 0 aromatic carbocycles. The first kappa shape index (κ1) is 11.8. The number of nitriles is 1. The van der Waals surface area contributed by atoms with E-state index >= 15 is 0 Å². The summed E-state index contributed by atoms with van der Waals surface area (Å²) in [4.78, 5) is 1.30. The van der Waals surface area contributed by atoms with E-state index in [-0.39, 0.29) is 0 Å². The second kappa shape index (κ2) is 3.76. The second-order valence-corrected chi connectivity index (χ2v) is 8.34. The van der Waals surface area contributed by atoms with Crippen LogP contribution in [0.5, 0.6) is 0 Å². The van der Waals surface area contributed by atoms with E-state index in [4.69, 9.17) is 5.73 Å². The van der Waals surface area contributed by atoms with Crippen molar-refractivity contribution in [3.8, 4) is 6.07 Å². The van der Waals surface area contributed by atoms with Gasteiger partial charge in [-0.25, -0.2) is 0 Å². The van der Waals surface area contributed by atoms with Crippen LogP contribution in [-0.4, -0.2) is 0 Å². The molecule has 1 heterocycles. The Morgan fingerprint density at radius 1 is 1.16 bits per heavy atom. The van der Waals surface area contributed by atoms with E-state index in [1.165, 1.54) is 49.0 Å². The topological polar surface area (TPSA) is 49.8 Å². The van der Waals surface area contributed by atoms with Crippen molar-refractivity contribution in [2.45, 2.75) is 50.9 Å². The highest BCUT2D eigenvalue weighted by Crippen LogP contribution is 2.62. The van der Waals surface area contributed by atoms with Crippen LogP contribution in [0.2, 0.25) is 0 Å². The quantitative estimate of drug-likeness (QED) is 0.840. The highest BCUT2D eigenvalue weighted by atomic mass is 32.1. The van der Waals surface area contributed by atoms with Crippen LogP contribution in [0.1, 0.15) is 54.5 Å². The van der Waals surface area contributed by atoms with Gasteiger partial charge in [-0.3, -0.25) is 0 Å². The van der Waals surface area contributed by atoms with Gasteiger partial charge in [0, 0.05) is 4.88 Å². The summed E-state index contributed by atoms with van der Waals surface area (Å²) in [5, 5.41) is 10.2. The molecule has 100 valence electrons. The molecule has 4 aliphatic carbocycles. The third-order valence-electron chi connectivity index (χ3n) is 5.79. The van der Waals surface area contributed by atoms with Gasteiger partial charge < -0.3 is 5.73 Å². The molecule has 0 unspecified atom stereocenters. The molecule has 0 amide bonds. The fraction of sp³-hybridized carbons (Fsp3) is 0.688. The Kier molecular flexibility index (Phi) is 2.33. The van der Waals surface area contributed by atoms with Crippen LogP contribution in [0, 0.1) is 36.0 Å². The highest BCUT2D eigenvalue weighted by Gasteiger charge is 2.53. The summed E-state index contributed by atoms with van der Waals surface area (Å²) < 4.78 is 0. The van der Waals surface area contributed by atoms with Gasteiger partial charge >= 0.3 is 0 Å². The van der Waals surface area contributed by atoms with Crippen LogP contribution in [-0.2, 0) is 5.41 Å². The monoisotopic (exact) mass is 272 g/mol. The summed E-state index contributed by atoms with van der Waals surface area (Å²) in [6.45, 7) is 2.16. The molecular formula is C16H20N2S. The first-order valence-corrected chi connectivity index (χ1v) is 8.22. The van der Waals surface area contributed by atoms with Gasteiger partial charge in [0.1, 0.15) is 11.1 Å². The lowest BCUT2D eigenvalue weighted by Crippen LogP contribution is -2.48. The minimum atomic E-state index is 0.304. The van der Waals surface area contributed by atoms with E-state index < -0.39 is 0 Å². The molecule has 4 bridgehead atoms. The predicted octanol–water partition coefficient (Wildman–Crippen LogP) is 3.98. The fourth-order valence-corrected chi connectivity index (χ4v) is 6.73. The summed E-state index contributed by atoms with van der Waals surface area (Å²) >= 11 is 1.62. The normalized spacial score (nSPS) is 39.5. The first-order chi connectivity index (χ1) is 9.11. The number of thiophene rings is 1. The van der Waals surface area contributed by atoms with Crippen molar-refractivity contribution in [2.24, 2.45) is 17.8 Å². The van der Waals surface area contributed by atoms with E-state index in [0.717, 1.165) is 28.3 Å². The van der Waals surface area contributed by atoms with Crippen molar-refractivity contribution in [1.82, 2.24) is 0 Å². The molecule has 0 atom stereocenters. The van der Waals surface area contributed by atoms with E-state index in [1.807, 2.05) is 0 Å². The molecule has 4 aliphatic rings. The first-order valence-electron chi connectivity index (χ1n) is 7.41. The smallest absolute Gasteiger partial charge is 0.104 e. The minimum absolute atomic E-state index is 0.304. The molecule has 0 saturated heterocycles. The van der Waals surface area contributed by atoms with Crippen molar-refractivity contribution in [1.29, 1.82) is 5.26 Å². The Labute approximate surface area is 118 Å². The molecule has 0 aliphatic heterocycles. The Morgan fingerprint density at radius 2 is 1.68 bits per heavy atom. The van der Waals surface area contributed by atoms with Gasteiger partial charge in [-0.05, 0) is 74.2 Å².